The van der Waals surface area contributed by atoms with Gasteiger partial charge in [0.25, 0.3) is 0 Å². The van der Waals surface area contributed by atoms with Crippen LogP contribution >= 0.6 is 0 Å². The Hall–Kier alpha value is -4.62. The molecule has 0 atom stereocenters. The molecule has 6 aromatic carbocycles. The van der Waals surface area contributed by atoms with Crippen LogP contribution in [0.15, 0.2) is 138 Å². The summed E-state index contributed by atoms with van der Waals surface area (Å²) >= 11 is 0. The van der Waals surface area contributed by atoms with Crippen LogP contribution in [-0.2, 0) is 0 Å². The lowest BCUT2D eigenvalue weighted by atomic mass is 9.85. The van der Waals surface area contributed by atoms with Crippen LogP contribution in [0.1, 0.15) is 0 Å². The summed E-state index contributed by atoms with van der Waals surface area (Å²) in [5.74, 6) is 0.891. The predicted molar refractivity (Wildman–Crippen MR) is 148 cm³/mol. The van der Waals surface area contributed by atoms with Gasteiger partial charge in [0.2, 0.25) is 0 Å². The zero-order valence-electron chi connectivity index (χ0n) is 19.1. The van der Waals surface area contributed by atoms with Crippen LogP contribution in [0, 0.1) is 0 Å². The predicted octanol–water partition coefficient (Wildman–Crippen LogP) is 9.74. The number of furan rings is 1. The van der Waals surface area contributed by atoms with Crippen molar-refractivity contribution >= 4 is 32.5 Å². The topological polar surface area (TPSA) is 13.1 Å². The Morgan fingerprint density at radius 3 is 1.49 bits per heavy atom. The molecule has 0 aliphatic heterocycles. The van der Waals surface area contributed by atoms with Crippen LogP contribution in [-0.4, -0.2) is 0 Å². The Balaban J connectivity index is 1.60. The van der Waals surface area contributed by atoms with E-state index in [2.05, 4.69) is 115 Å². The lowest BCUT2D eigenvalue weighted by molar-refractivity contribution is 0.631. The van der Waals surface area contributed by atoms with Crippen molar-refractivity contribution in [3.63, 3.8) is 0 Å². The van der Waals surface area contributed by atoms with Crippen molar-refractivity contribution in [3.05, 3.63) is 133 Å². The fourth-order valence-electron chi connectivity index (χ4n) is 5.36. The summed E-state index contributed by atoms with van der Waals surface area (Å²) in [5, 5.41) is 6.15. The molecule has 0 bridgehead atoms. The fourth-order valence-corrected chi connectivity index (χ4v) is 5.36. The number of hydrogen-bond acceptors (Lipinski definition) is 1. The SMILES string of the molecule is c1ccc(-c2cc3c(-c4c5ccccc5c(-c5ccccc5)c5ccccc45)cccc3o2)cc1. The van der Waals surface area contributed by atoms with Crippen molar-refractivity contribution in [3.8, 4) is 33.6 Å². The maximum absolute atomic E-state index is 6.33. The third-order valence-electron chi connectivity index (χ3n) is 6.88. The molecule has 7 aromatic rings. The van der Waals surface area contributed by atoms with Crippen molar-refractivity contribution < 1.29 is 4.42 Å². The molecule has 0 aliphatic carbocycles. The first kappa shape index (κ1) is 19.8. The minimum atomic E-state index is 0.891. The van der Waals surface area contributed by atoms with E-state index in [-0.39, 0.29) is 0 Å². The first-order valence-corrected chi connectivity index (χ1v) is 12.0. The highest BCUT2D eigenvalue weighted by molar-refractivity contribution is 6.23. The molecule has 0 saturated carbocycles. The van der Waals surface area contributed by atoms with Gasteiger partial charge in [-0.15, -0.1) is 0 Å². The minimum Gasteiger partial charge on any atom is -0.456 e. The van der Waals surface area contributed by atoms with Gasteiger partial charge in [-0.2, -0.15) is 0 Å². The first-order chi connectivity index (χ1) is 17.4. The van der Waals surface area contributed by atoms with E-state index in [0.717, 1.165) is 22.3 Å². The van der Waals surface area contributed by atoms with Crippen LogP contribution in [0.3, 0.4) is 0 Å². The number of benzene rings is 6. The van der Waals surface area contributed by atoms with Crippen molar-refractivity contribution in [1.82, 2.24) is 0 Å². The van der Waals surface area contributed by atoms with Gasteiger partial charge in [-0.25, -0.2) is 0 Å². The standard InChI is InChI=1S/C34H22O/c1-3-12-23(13-4-1)32-22-30-29(20-11-21-31(30)35-32)34-27-18-9-7-16-25(27)33(24-14-5-2-6-15-24)26-17-8-10-19-28(26)34/h1-22H. The van der Waals surface area contributed by atoms with E-state index >= 15 is 0 Å². The normalized spacial score (nSPS) is 11.4. The van der Waals surface area contributed by atoms with E-state index in [1.807, 2.05) is 18.2 Å². The van der Waals surface area contributed by atoms with E-state index in [4.69, 9.17) is 4.42 Å². The average Bonchev–Trinajstić information content (AvgIpc) is 3.38. The van der Waals surface area contributed by atoms with E-state index in [0.29, 0.717) is 0 Å². The lowest BCUT2D eigenvalue weighted by Gasteiger charge is -2.18. The fraction of sp³-hybridized carbons (Fsp3) is 0. The van der Waals surface area contributed by atoms with E-state index in [1.54, 1.807) is 0 Å². The second-order valence-corrected chi connectivity index (χ2v) is 8.90. The summed E-state index contributed by atoms with van der Waals surface area (Å²) < 4.78 is 6.33. The first-order valence-electron chi connectivity index (χ1n) is 12.0. The van der Waals surface area contributed by atoms with E-state index in [9.17, 15) is 0 Å². The van der Waals surface area contributed by atoms with Crippen LogP contribution in [0.5, 0.6) is 0 Å². The van der Waals surface area contributed by atoms with Crippen LogP contribution in [0.2, 0.25) is 0 Å². The van der Waals surface area contributed by atoms with E-state index < -0.39 is 0 Å². The molecule has 0 spiro atoms. The molecule has 1 nitrogen and oxygen atoms in total. The molecule has 0 amide bonds. The Morgan fingerprint density at radius 1 is 0.371 bits per heavy atom. The van der Waals surface area contributed by atoms with Crippen LogP contribution in [0.25, 0.3) is 66.1 Å². The van der Waals surface area contributed by atoms with Crippen molar-refractivity contribution in [1.29, 1.82) is 0 Å². The van der Waals surface area contributed by atoms with Gasteiger partial charge in [-0.3, -0.25) is 0 Å². The zero-order valence-corrected chi connectivity index (χ0v) is 19.1. The summed E-state index contributed by atoms with van der Waals surface area (Å²) in [4.78, 5) is 0. The van der Waals surface area contributed by atoms with Gasteiger partial charge < -0.3 is 4.42 Å². The third-order valence-corrected chi connectivity index (χ3v) is 6.88. The summed E-state index contributed by atoms with van der Waals surface area (Å²) in [7, 11) is 0. The van der Waals surface area contributed by atoms with Crippen LogP contribution in [0.4, 0.5) is 0 Å². The molecular weight excluding hydrogens is 424 g/mol. The summed E-state index contributed by atoms with van der Waals surface area (Å²) in [6.45, 7) is 0. The van der Waals surface area contributed by atoms with E-state index in [1.165, 1.54) is 43.8 Å². The molecule has 1 heterocycles. The second-order valence-electron chi connectivity index (χ2n) is 8.90. The molecule has 1 heteroatoms. The molecule has 0 aliphatic rings. The quantitative estimate of drug-likeness (QED) is 0.246. The highest BCUT2D eigenvalue weighted by atomic mass is 16.3. The van der Waals surface area contributed by atoms with Crippen molar-refractivity contribution in [2.45, 2.75) is 0 Å². The average molecular weight is 447 g/mol. The monoisotopic (exact) mass is 446 g/mol. The zero-order chi connectivity index (χ0) is 23.2. The Kier molecular flexibility index (Phi) is 4.53. The number of fused-ring (bicyclic) bond motifs is 3. The molecule has 0 radical (unpaired) electrons. The van der Waals surface area contributed by atoms with Gasteiger partial charge in [0.05, 0.1) is 0 Å². The summed E-state index contributed by atoms with van der Waals surface area (Å²) in [5.41, 5.74) is 6.96. The largest absolute Gasteiger partial charge is 0.456 e. The van der Waals surface area contributed by atoms with Gasteiger partial charge in [0.1, 0.15) is 11.3 Å². The van der Waals surface area contributed by atoms with Gasteiger partial charge in [-0.1, -0.05) is 121 Å². The minimum absolute atomic E-state index is 0.891. The maximum atomic E-state index is 6.33. The smallest absolute Gasteiger partial charge is 0.135 e. The number of hydrogen-bond donors (Lipinski definition) is 0. The van der Waals surface area contributed by atoms with Gasteiger partial charge in [-0.05, 0) is 55.9 Å². The molecule has 0 N–H and O–H groups in total. The molecular formula is C34H22O. The molecule has 7 rings (SSSR count). The molecule has 0 unspecified atom stereocenters. The van der Waals surface area contributed by atoms with Gasteiger partial charge in [0.15, 0.2) is 0 Å². The molecule has 164 valence electrons. The van der Waals surface area contributed by atoms with Crippen molar-refractivity contribution in [2.24, 2.45) is 0 Å². The maximum Gasteiger partial charge on any atom is 0.135 e. The third kappa shape index (κ3) is 3.17. The Bertz CT molecular complexity index is 1770. The Labute approximate surface area is 203 Å². The molecule has 0 saturated heterocycles. The Morgan fingerprint density at radius 2 is 0.886 bits per heavy atom. The van der Waals surface area contributed by atoms with Gasteiger partial charge >= 0.3 is 0 Å². The second kappa shape index (κ2) is 8.00. The van der Waals surface area contributed by atoms with Gasteiger partial charge in [0, 0.05) is 10.9 Å². The summed E-state index contributed by atoms with van der Waals surface area (Å²) in [6.07, 6.45) is 0. The molecule has 35 heavy (non-hydrogen) atoms. The number of rotatable bonds is 3. The van der Waals surface area contributed by atoms with Crippen molar-refractivity contribution in [2.75, 3.05) is 0 Å². The lowest BCUT2D eigenvalue weighted by Crippen LogP contribution is -1.90. The summed E-state index contributed by atoms with van der Waals surface area (Å²) in [6, 6.07) is 47.2. The highest BCUT2D eigenvalue weighted by Crippen LogP contribution is 2.45. The molecule has 0 fully saturated rings. The highest BCUT2D eigenvalue weighted by Gasteiger charge is 2.19. The molecule has 1 aromatic heterocycles. The van der Waals surface area contributed by atoms with Crippen LogP contribution < -0.4 is 0 Å².